The van der Waals surface area contributed by atoms with Crippen molar-refractivity contribution in [1.82, 2.24) is 14.5 Å². The molecule has 0 amide bonds. The van der Waals surface area contributed by atoms with E-state index in [2.05, 4.69) is 206 Å². The van der Waals surface area contributed by atoms with Crippen LogP contribution < -0.4 is 5.19 Å². The van der Waals surface area contributed by atoms with Crippen molar-refractivity contribution in [3.05, 3.63) is 168 Å². The predicted octanol–water partition coefficient (Wildman–Crippen LogP) is 15.5. The maximum atomic E-state index is 5.25. The quantitative estimate of drug-likeness (QED) is 0.112. The number of pyridine rings is 1. The normalized spacial score (nSPS) is 11.9. The first-order valence-corrected chi connectivity index (χ1v) is 26.0. The average Bonchev–Trinajstić information content (AvgIpc) is 3.81. The second kappa shape index (κ2) is 18.4. The molecule has 317 valence electrons. The fourth-order valence-corrected chi connectivity index (χ4v) is 11.1. The van der Waals surface area contributed by atoms with Gasteiger partial charge in [-0.05, 0) is 97.2 Å². The van der Waals surface area contributed by atoms with Crippen LogP contribution >= 0.6 is 11.3 Å². The van der Waals surface area contributed by atoms with Crippen LogP contribution in [0.2, 0.25) is 19.6 Å². The first-order valence-electron chi connectivity index (χ1n) is 21.7. The van der Waals surface area contributed by atoms with Gasteiger partial charge in [0.1, 0.15) is 0 Å². The molecule has 0 aliphatic heterocycles. The Morgan fingerprint density at radius 3 is 2.00 bits per heavy atom. The zero-order chi connectivity index (χ0) is 43.1. The Morgan fingerprint density at radius 2 is 1.34 bits per heavy atom. The summed E-state index contributed by atoms with van der Waals surface area (Å²) in [5.41, 5.74) is 13.4. The monoisotopic (exact) mass is 1020 g/mol. The van der Waals surface area contributed by atoms with E-state index in [1.165, 1.54) is 58.9 Å². The van der Waals surface area contributed by atoms with E-state index in [9.17, 15) is 0 Å². The topological polar surface area (TPSA) is 30.7 Å². The number of imidazole rings is 1. The summed E-state index contributed by atoms with van der Waals surface area (Å²) in [7, 11) is -1.37. The third-order valence-corrected chi connectivity index (χ3v) is 14.6. The minimum atomic E-state index is -1.37. The van der Waals surface area contributed by atoms with E-state index >= 15 is 0 Å². The molecule has 9 rings (SSSR count). The molecule has 3 nitrogen and oxygen atoms in total. The van der Waals surface area contributed by atoms with Crippen LogP contribution in [0.3, 0.4) is 0 Å². The van der Waals surface area contributed by atoms with Crippen LogP contribution in [0.4, 0.5) is 0 Å². The van der Waals surface area contributed by atoms with Crippen molar-refractivity contribution in [2.24, 2.45) is 5.41 Å². The van der Waals surface area contributed by atoms with Gasteiger partial charge in [-0.25, -0.2) is 0 Å². The van der Waals surface area contributed by atoms with Crippen molar-refractivity contribution in [2.45, 2.75) is 86.4 Å². The summed E-state index contributed by atoms with van der Waals surface area (Å²) in [5.74, 6) is 1.60. The first-order chi connectivity index (χ1) is 29.2. The maximum absolute atomic E-state index is 5.25. The molecule has 1 radical (unpaired) electrons. The van der Waals surface area contributed by atoms with E-state index in [0.717, 1.165) is 40.1 Å². The Balaban J connectivity index is 0.000000223. The Hall–Kier alpha value is -4.97. The molecule has 0 spiro atoms. The van der Waals surface area contributed by atoms with E-state index < -0.39 is 8.07 Å². The summed E-state index contributed by atoms with van der Waals surface area (Å²) >= 11 is 1.82. The van der Waals surface area contributed by atoms with Gasteiger partial charge in [0.2, 0.25) is 0 Å². The molecular formula is C56H57IrN3SSi-2. The summed E-state index contributed by atoms with van der Waals surface area (Å²) < 4.78 is 4.96. The van der Waals surface area contributed by atoms with E-state index in [1.54, 1.807) is 0 Å². The number of para-hydroxylation sites is 2. The fraction of sp³-hybridized carbons (Fsp3) is 0.250. The van der Waals surface area contributed by atoms with Gasteiger partial charge in [0.05, 0.1) is 24.9 Å². The SMILES string of the molecule is CC(C)(C)Cc1cc(-c2[c-]cccc2)ncc1[Si](C)(C)C.CC(C)c1cc(-c2ccccc2)cc(C(C)C)c1-n1c(-c2[c-]cc3sc4ccccc4c3c2)nc2ccccc21.[Ir]. The Morgan fingerprint density at radius 1 is 0.677 bits per heavy atom. The van der Waals surface area contributed by atoms with Gasteiger partial charge in [-0.15, -0.1) is 59.7 Å². The number of thiophene rings is 1. The van der Waals surface area contributed by atoms with Gasteiger partial charge in [-0.3, -0.25) is 4.98 Å². The second-order valence-electron chi connectivity index (χ2n) is 19.2. The molecule has 6 heteroatoms. The van der Waals surface area contributed by atoms with Gasteiger partial charge in [0.15, 0.2) is 0 Å². The van der Waals surface area contributed by atoms with Crippen LogP contribution in [0, 0.1) is 17.5 Å². The molecule has 0 atom stereocenters. The Labute approximate surface area is 387 Å². The van der Waals surface area contributed by atoms with Crippen molar-refractivity contribution < 1.29 is 20.1 Å². The summed E-state index contributed by atoms with van der Waals surface area (Å²) in [6.45, 7) is 23.3. The molecule has 0 unspecified atom stereocenters. The number of hydrogen-bond donors (Lipinski definition) is 0. The number of fused-ring (bicyclic) bond motifs is 4. The molecule has 0 aliphatic carbocycles. The molecular weight excluding hydrogens is 967 g/mol. The van der Waals surface area contributed by atoms with Crippen LogP contribution in [-0.2, 0) is 26.5 Å². The van der Waals surface area contributed by atoms with Gasteiger partial charge in [0.25, 0.3) is 0 Å². The zero-order valence-electron chi connectivity index (χ0n) is 37.7. The third kappa shape index (κ3) is 9.50. The van der Waals surface area contributed by atoms with Crippen molar-refractivity contribution in [2.75, 3.05) is 0 Å². The van der Waals surface area contributed by atoms with Gasteiger partial charge in [-0.1, -0.05) is 146 Å². The van der Waals surface area contributed by atoms with Gasteiger partial charge >= 0.3 is 0 Å². The van der Waals surface area contributed by atoms with Crippen molar-refractivity contribution in [3.63, 3.8) is 0 Å². The molecule has 9 aromatic rings. The summed E-state index contributed by atoms with van der Waals surface area (Å²) in [4.78, 5) is 9.96. The van der Waals surface area contributed by atoms with Crippen LogP contribution in [0.25, 0.3) is 70.7 Å². The van der Waals surface area contributed by atoms with Crippen molar-refractivity contribution >= 4 is 55.8 Å². The van der Waals surface area contributed by atoms with Crippen molar-refractivity contribution in [1.29, 1.82) is 0 Å². The predicted molar refractivity (Wildman–Crippen MR) is 266 cm³/mol. The Bertz CT molecular complexity index is 2940. The van der Waals surface area contributed by atoms with Crippen LogP contribution in [0.15, 0.2) is 140 Å². The number of aromatic nitrogens is 3. The third-order valence-electron chi connectivity index (χ3n) is 11.4. The van der Waals surface area contributed by atoms with E-state index in [4.69, 9.17) is 9.97 Å². The van der Waals surface area contributed by atoms with Crippen molar-refractivity contribution in [3.8, 4) is 39.5 Å². The number of hydrogen-bond acceptors (Lipinski definition) is 3. The largest absolute Gasteiger partial charge is 0.333 e. The average molecular weight is 1020 g/mol. The Kier molecular flexibility index (Phi) is 13.4. The summed E-state index contributed by atoms with van der Waals surface area (Å²) in [6.07, 6.45) is 3.21. The van der Waals surface area contributed by atoms with E-state index in [1.807, 2.05) is 29.5 Å². The minimum absolute atomic E-state index is 0. The molecule has 0 saturated heterocycles. The van der Waals surface area contributed by atoms with E-state index in [0.29, 0.717) is 11.8 Å². The van der Waals surface area contributed by atoms with Crippen LogP contribution in [0.1, 0.15) is 77.0 Å². The van der Waals surface area contributed by atoms with E-state index in [-0.39, 0.29) is 25.5 Å². The molecule has 0 bridgehead atoms. The molecule has 0 aliphatic rings. The maximum Gasteiger partial charge on any atom is 0.0798 e. The molecule has 3 aromatic heterocycles. The van der Waals surface area contributed by atoms with Crippen LogP contribution in [-0.4, -0.2) is 22.6 Å². The zero-order valence-corrected chi connectivity index (χ0v) is 41.9. The second-order valence-corrected chi connectivity index (χ2v) is 25.3. The fourth-order valence-electron chi connectivity index (χ4n) is 8.44. The van der Waals surface area contributed by atoms with Gasteiger partial charge < -0.3 is 9.55 Å². The summed E-state index contributed by atoms with van der Waals surface area (Å²) in [5, 5.41) is 4.04. The van der Waals surface area contributed by atoms with Gasteiger partial charge in [0, 0.05) is 36.7 Å². The number of nitrogens with zero attached hydrogens (tertiary/aromatic N) is 3. The number of rotatable bonds is 8. The molecule has 3 heterocycles. The number of benzene rings is 6. The molecule has 0 N–H and O–H groups in total. The molecule has 0 saturated carbocycles. The minimum Gasteiger partial charge on any atom is -0.333 e. The molecule has 0 fully saturated rings. The molecule has 62 heavy (non-hydrogen) atoms. The first kappa shape index (κ1) is 45.1. The van der Waals surface area contributed by atoms with Gasteiger partial charge in [-0.2, -0.15) is 11.3 Å². The summed E-state index contributed by atoms with van der Waals surface area (Å²) in [6, 6.07) is 54.4. The standard InChI is InChI=1S/C37H31N2S.C19H26NSi.Ir/c1-23(2)29-21-27(25-12-6-5-7-13-25)22-30(24(3)4)36(29)39-33-16-10-9-15-32(33)38-37(39)26-18-19-35-31(20-26)28-14-8-11-17-34(28)40-35;1-19(2,3)13-16-12-17(15-10-8-7-9-11-15)20-14-18(16)21(4,5)6;/h5-17,19-24H,1-4H3;7-10,12,14H,13H2,1-6H3;/q2*-1;. The van der Waals surface area contributed by atoms with Crippen LogP contribution in [0.5, 0.6) is 0 Å². The molecule has 6 aromatic carbocycles. The smallest absolute Gasteiger partial charge is 0.0798 e.